The van der Waals surface area contributed by atoms with Gasteiger partial charge in [0, 0.05) is 10.6 Å². The van der Waals surface area contributed by atoms with Gasteiger partial charge in [-0.1, -0.05) is 24.6 Å². The summed E-state index contributed by atoms with van der Waals surface area (Å²) in [5.41, 5.74) is 1.54. The number of ether oxygens (including phenoxy) is 1. The van der Waals surface area contributed by atoms with Crippen LogP contribution in [0.2, 0.25) is 0 Å². The van der Waals surface area contributed by atoms with Gasteiger partial charge in [0.15, 0.2) is 0 Å². The first-order valence-corrected chi connectivity index (χ1v) is 12.6. The fourth-order valence-corrected chi connectivity index (χ4v) is 5.99. The first-order valence-electron chi connectivity index (χ1n) is 10.2. The number of benzene rings is 2. The smallest absolute Gasteiger partial charge is 0.416 e. The molecule has 0 aliphatic carbocycles. The fourth-order valence-electron chi connectivity index (χ4n) is 3.52. The number of nitrogens with zero attached hydrogens (tertiary/aromatic N) is 2. The van der Waals surface area contributed by atoms with Gasteiger partial charge in [-0.05, 0) is 48.4 Å². The van der Waals surface area contributed by atoms with E-state index in [9.17, 15) is 27.1 Å². The Morgan fingerprint density at radius 2 is 1.91 bits per heavy atom. The largest absolute Gasteiger partial charge is 0.490 e. The summed E-state index contributed by atoms with van der Waals surface area (Å²) in [5, 5.41) is 2.72. The van der Waals surface area contributed by atoms with E-state index in [0.717, 1.165) is 17.0 Å². The summed E-state index contributed by atoms with van der Waals surface area (Å²) in [7, 11) is -3.69. The topological polar surface area (TPSA) is 94.9 Å². The van der Waals surface area contributed by atoms with Gasteiger partial charge in [0.05, 0.1) is 23.3 Å². The summed E-state index contributed by atoms with van der Waals surface area (Å²) in [4.78, 5) is 17.8. The molecule has 0 unspecified atom stereocenters. The monoisotopic (exact) mass is 513 g/mol. The van der Waals surface area contributed by atoms with Crippen LogP contribution in [0.5, 0.6) is 5.75 Å². The van der Waals surface area contributed by atoms with Crippen LogP contribution in [0.25, 0.3) is 0 Å². The molecule has 1 aliphatic heterocycles. The number of rotatable bonds is 4. The predicted molar refractivity (Wildman–Crippen MR) is 126 cm³/mol. The molecule has 0 radical (unpaired) electrons. The van der Waals surface area contributed by atoms with Crippen molar-refractivity contribution < 1.29 is 31.8 Å². The molecule has 12 heteroatoms. The van der Waals surface area contributed by atoms with Crippen LogP contribution in [0.4, 0.5) is 24.5 Å². The quantitative estimate of drug-likeness (QED) is 0.371. The van der Waals surface area contributed by atoms with Gasteiger partial charge >= 0.3 is 6.18 Å². The van der Waals surface area contributed by atoms with E-state index < -0.39 is 28.4 Å². The molecule has 3 aromatic rings. The highest BCUT2D eigenvalue weighted by atomic mass is 32.3. The van der Waals surface area contributed by atoms with Crippen LogP contribution in [-0.4, -0.2) is 33.1 Å². The first kappa shape index (κ1) is 24.3. The minimum Gasteiger partial charge on any atom is -0.490 e. The highest BCUT2D eigenvalue weighted by molar-refractivity contribution is 8.25. The average molecular weight is 514 g/mol. The average Bonchev–Trinajstić information content (AvgIpc) is 3.23. The summed E-state index contributed by atoms with van der Waals surface area (Å²) < 4.78 is 67.9. The lowest BCUT2D eigenvalue weighted by Gasteiger charge is -2.42. The van der Waals surface area contributed by atoms with Crippen molar-refractivity contribution in [3.8, 4) is 5.75 Å². The zero-order chi connectivity index (χ0) is 24.7. The SMILES string of the molecule is CC(C)c1scnc1C(=O)Nc1ccc2c(c1)S(O)(O)N(c1ccc(C(F)(F)F)cc1)CCO2. The Balaban J connectivity index is 1.64. The van der Waals surface area contributed by atoms with Crippen molar-refractivity contribution in [2.24, 2.45) is 0 Å². The van der Waals surface area contributed by atoms with Gasteiger partial charge in [-0.2, -0.15) is 13.2 Å². The second kappa shape index (κ2) is 9.10. The number of hydrogen-bond donors (Lipinski definition) is 3. The van der Waals surface area contributed by atoms with Crippen LogP contribution in [0.3, 0.4) is 0 Å². The summed E-state index contributed by atoms with van der Waals surface area (Å²) in [5.74, 6) is -0.114. The van der Waals surface area contributed by atoms with Crippen molar-refractivity contribution in [3.05, 3.63) is 64.1 Å². The molecular weight excluding hydrogens is 491 g/mol. The van der Waals surface area contributed by atoms with Crippen molar-refractivity contribution >= 4 is 39.4 Å². The molecule has 0 bridgehead atoms. The lowest BCUT2D eigenvalue weighted by Crippen LogP contribution is -2.29. The van der Waals surface area contributed by atoms with Crippen molar-refractivity contribution in [2.75, 3.05) is 22.8 Å². The number of aromatic nitrogens is 1. The van der Waals surface area contributed by atoms with E-state index in [1.807, 2.05) is 13.8 Å². The first-order chi connectivity index (χ1) is 16.0. The second-order valence-electron chi connectivity index (χ2n) is 7.85. The Labute approximate surface area is 199 Å². The summed E-state index contributed by atoms with van der Waals surface area (Å²) in [6.07, 6.45) is -4.50. The zero-order valence-corrected chi connectivity index (χ0v) is 19.8. The lowest BCUT2D eigenvalue weighted by molar-refractivity contribution is -0.137. The van der Waals surface area contributed by atoms with E-state index in [-0.39, 0.29) is 35.4 Å². The molecule has 0 saturated carbocycles. The van der Waals surface area contributed by atoms with Crippen molar-refractivity contribution in [3.63, 3.8) is 0 Å². The number of hydrogen-bond acceptors (Lipinski definition) is 7. The van der Waals surface area contributed by atoms with Gasteiger partial charge in [-0.3, -0.25) is 18.2 Å². The van der Waals surface area contributed by atoms with Gasteiger partial charge in [-0.25, -0.2) is 4.98 Å². The van der Waals surface area contributed by atoms with Gasteiger partial charge < -0.3 is 10.1 Å². The van der Waals surface area contributed by atoms with Crippen LogP contribution in [0.1, 0.15) is 40.7 Å². The Morgan fingerprint density at radius 3 is 2.56 bits per heavy atom. The van der Waals surface area contributed by atoms with Crippen LogP contribution < -0.4 is 14.4 Å². The van der Waals surface area contributed by atoms with Crippen LogP contribution in [0, 0.1) is 0 Å². The minimum absolute atomic E-state index is 0.0186. The van der Waals surface area contributed by atoms with Crippen LogP contribution in [-0.2, 0) is 6.18 Å². The molecule has 0 atom stereocenters. The standard InChI is InChI=1S/C22H22F3N3O4S2/c1-13(2)20-19(26-12-33-20)21(29)27-15-5-8-17-18(11-15)34(30,31)28(9-10-32-17)16-6-3-14(4-7-16)22(23,24)25/h3-8,11-13,30-31H,9-10H2,1-2H3,(H,27,29). The van der Waals surface area contributed by atoms with Crippen LogP contribution >= 0.6 is 22.1 Å². The van der Waals surface area contributed by atoms with E-state index in [1.54, 1.807) is 11.6 Å². The summed E-state index contributed by atoms with van der Waals surface area (Å²) in [6.45, 7) is 4.01. The maximum absolute atomic E-state index is 12.9. The highest BCUT2D eigenvalue weighted by Crippen LogP contribution is 2.58. The number of fused-ring (bicyclic) bond motifs is 1. The number of carbonyl (C=O) groups excluding carboxylic acids is 1. The molecule has 1 amide bonds. The van der Waals surface area contributed by atoms with Crippen LogP contribution in [0.15, 0.2) is 52.9 Å². The van der Waals surface area contributed by atoms with Gasteiger partial charge in [-0.15, -0.1) is 11.3 Å². The van der Waals surface area contributed by atoms with E-state index in [4.69, 9.17) is 4.74 Å². The maximum atomic E-state index is 12.9. The molecule has 34 heavy (non-hydrogen) atoms. The molecule has 1 aromatic heterocycles. The molecule has 7 nitrogen and oxygen atoms in total. The minimum atomic E-state index is -4.50. The molecular formula is C22H22F3N3O4S2. The predicted octanol–water partition coefficient (Wildman–Crippen LogP) is 6.46. The highest BCUT2D eigenvalue weighted by Gasteiger charge is 2.34. The number of thiazole rings is 1. The van der Waals surface area contributed by atoms with Gasteiger partial charge in [0.25, 0.3) is 5.91 Å². The van der Waals surface area contributed by atoms with E-state index >= 15 is 0 Å². The molecule has 182 valence electrons. The van der Waals surface area contributed by atoms with Crippen molar-refractivity contribution in [1.29, 1.82) is 0 Å². The number of anilines is 2. The molecule has 3 N–H and O–H groups in total. The van der Waals surface area contributed by atoms with E-state index in [1.165, 1.54) is 39.9 Å². The number of carbonyl (C=O) groups is 1. The third-order valence-corrected chi connectivity index (χ3v) is 8.22. The molecule has 2 aromatic carbocycles. The molecule has 0 fully saturated rings. The zero-order valence-electron chi connectivity index (χ0n) is 18.2. The number of nitrogens with one attached hydrogen (secondary N) is 1. The Kier molecular flexibility index (Phi) is 6.51. The Hall–Kier alpha value is -2.80. The molecule has 2 heterocycles. The third-order valence-electron chi connectivity index (χ3n) is 5.17. The second-order valence-corrected chi connectivity index (χ2v) is 10.7. The van der Waals surface area contributed by atoms with Gasteiger partial charge in [0.2, 0.25) is 0 Å². The Morgan fingerprint density at radius 1 is 1.21 bits per heavy atom. The molecule has 0 spiro atoms. The molecule has 4 rings (SSSR count). The molecule has 1 aliphatic rings. The third kappa shape index (κ3) is 4.71. The normalized spacial score (nSPS) is 16.4. The van der Waals surface area contributed by atoms with Crippen molar-refractivity contribution in [1.82, 2.24) is 4.98 Å². The Bertz CT molecular complexity index is 1200. The summed E-state index contributed by atoms with van der Waals surface area (Å²) in [6, 6.07) is 8.61. The fraction of sp³-hybridized carbons (Fsp3) is 0.273. The maximum Gasteiger partial charge on any atom is 0.416 e. The van der Waals surface area contributed by atoms with Gasteiger partial charge in [0.1, 0.15) is 22.9 Å². The van der Waals surface area contributed by atoms with E-state index in [2.05, 4.69) is 10.3 Å². The van der Waals surface area contributed by atoms with Crippen molar-refractivity contribution in [2.45, 2.75) is 30.8 Å². The number of alkyl halides is 3. The summed E-state index contributed by atoms with van der Waals surface area (Å²) >= 11 is 1.38. The number of amides is 1. The van der Waals surface area contributed by atoms with E-state index in [0.29, 0.717) is 11.4 Å². The lowest BCUT2D eigenvalue weighted by atomic mass is 10.1. The number of halogens is 3. The molecule has 0 saturated heterocycles.